The van der Waals surface area contributed by atoms with Gasteiger partial charge < -0.3 is 24.4 Å². The van der Waals surface area contributed by atoms with Gasteiger partial charge in [-0.05, 0) is 57.6 Å². The number of nitrogens with zero attached hydrogens (tertiary/aromatic N) is 6. The van der Waals surface area contributed by atoms with Gasteiger partial charge in [0, 0.05) is 60.7 Å². The van der Waals surface area contributed by atoms with Gasteiger partial charge >= 0.3 is 0 Å². The van der Waals surface area contributed by atoms with E-state index in [-0.39, 0.29) is 40.1 Å². The first-order chi connectivity index (χ1) is 18.8. The number of ether oxygens (including phenoxy) is 1. The minimum atomic E-state index is -0.715. The fraction of sp³-hybridized carbons (Fsp3) is 0.345. The molecule has 1 aliphatic heterocycles. The van der Waals surface area contributed by atoms with E-state index in [9.17, 15) is 0 Å². The van der Waals surface area contributed by atoms with Gasteiger partial charge in [0.1, 0.15) is 12.1 Å². The van der Waals surface area contributed by atoms with Crippen LogP contribution in [0.4, 0.5) is 31.7 Å². The number of likely N-dealkylation sites (N-methyl/N-ethyl adjacent to an activating group) is 1. The summed E-state index contributed by atoms with van der Waals surface area (Å²) in [6.45, 7) is 20.6. The third-order valence-electron chi connectivity index (χ3n) is 7.10. The van der Waals surface area contributed by atoms with Gasteiger partial charge in [-0.1, -0.05) is 6.92 Å². The molecule has 1 saturated heterocycles. The normalized spacial score (nSPS) is 14.2. The molecule has 1 aliphatic rings. The van der Waals surface area contributed by atoms with E-state index in [1.807, 2.05) is 38.1 Å². The quantitative estimate of drug-likeness (QED) is 0.264. The second kappa shape index (κ2) is 10.9. The maximum Gasteiger partial charge on any atom is 0.288 e. The first-order valence-electron chi connectivity index (χ1n) is 13.0. The lowest BCUT2D eigenvalue weighted by Gasteiger charge is -2.35. The van der Waals surface area contributed by atoms with Crippen LogP contribution in [0.2, 0.25) is 0 Å². The molecule has 3 heterocycles. The fourth-order valence-corrected chi connectivity index (χ4v) is 5.13. The Bertz CT molecular complexity index is 1530. The highest BCUT2D eigenvalue weighted by molar-refractivity contribution is 5.85. The number of halogens is 2. The molecular weight excluding hydrogens is 500 g/mol. The standard InChI is InChI=1S/C29H31F2N7O/c1-6-36-11-13-37(14-12-36)21-9-7-20(8-10-21)35-28-26(32-5)29(34-17-33-28)39-24-16-23(30)27-22(25(24)31)15-19(4)38(27)18(2)3/h7-10,15-18H,6,11-14H2,1-4H3,(H,33,34,35). The van der Waals surface area contributed by atoms with Crippen LogP contribution in [0, 0.1) is 25.1 Å². The minimum Gasteiger partial charge on any atom is -0.446 e. The van der Waals surface area contributed by atoms with Gasteiger partial charge in [-0.25, -0.2) is 23.6 Å². The van der Waals surface area contributed by atoms with Crippen LogP contribution in [0.3, 0.4) is 0 Å². The van der Waals surface area contributed by atoms with Crippen LogP contribution in [0.15, 0.2) is 42.7 Å². The number of benzene rings is 2. The van der Waals surface area contributed by atoms with E-state index in [1.165, 1.54) is 6.33 Å². The van der Waals surface area contributed by atoms with Gasteiger partial charge in [-0.15, -0.1) is 0 Å². The van der Waals surface area contributed by atoms with Crippen LogP contribution in [0.25, 0.3) is 15.7 Å². The van der Waals surface area contributed by atoms with Crippen molar-refractivity contribution in [3.8, 4) is 11.6 Å². The molecule has 0 unspecified atom stereocenters. The molecule has 2 aromatic heterocycles. The number of piperazine rings is 1. The van der Waals surface area contributed by atoms with E-state index >= 15 is 8.78 Å². The van der Waals surface area contributed by atoms with E-state index in [1.54, 1.807) is 17.6 Å². The topological polar surface area (TPSA) is 62.8 Å². The predicted octanol–water partition coefficient (Wildman–Crippen LogP) is 6.83. The Labute approximate surface area is 226 Å². The van der Waals surface area contributed by atoms with Gasteiger partial charge in [-0.3, -0.25) is 0 Å². The molecular formula is C29H31F2N7O. The molecule has 10 heteroatoms. The molecule has 2 aromatic carbocycles. The van der Waals surface area contributed by atoms with Gasteiger partial charge in [0.05, 0.1) is 12.1 Å². The highest BCUT2D eigenvalue weighted by Gasteiger charge is 2.23. The predicted molar refractivity (Wildman–Crippen MR) is 149 cm³/mol. The summed E-state index contributed by atoms with van der Waals surface area (Å²) in [7, 11) is 0. The van der Waals surface area contributed by atoms with Crippen molar-refractivity contribution in [2.45, 2.75) is 33.7 Å². The molecule has 0 amide bonds. The van der Waals surface area contributed by atoms with E-state index in [4.69, 9.17) is 11.3 Å². The summed E-state index contributed by atoms with van der Waals surface area (Å²) in [4.78, 5) is 16.5. The number of anilines is 3. The summed E-state index contributed by atoms with van der Waals surface area (Å²) in [6, 6.07) is 10.4. The first kappa shape index (κ1) is 26.4. The van der Waals surface area contributed by atoms with Crippen molar-refractivity contribution in [2.75, 3.05) is 42.9 Å². The monoisotopic (exact) mass is 531 g/mol. The Hall–Kier alpha value is -4.23. The Balaban J connectivity index is 1.39. The van der Waals surface area contributed by atoms with E-state index in [0.717, 1.165) is 55.9 Å². The van der Waals surface area contributed by atoms with Gasteiger partial charge in [0.2, 0.25) is 5.88 Å². The molecule has 0 radical (unpaired) electrons. The van der Waals surface area contributed by atoms with Crippen molar-refractivity contribution in [1.29, 1.82) is 0 Å². The number of rotatable bonds is 7. The molecule has 202 valence electrons. The maximum absolute atomic E-state index is 15.5. The molecule has 1 N–H and O–H groups in total. The van der Waals surface area contributed by atoms with Crippen LogP contribution in [0.5, 0.6) is 11.6 Å². The van der Waals surface area contributed by atoms with Crippen LogP contribution in [-0.2, 0) is 0 Å². The lowest BCUT2D eigenvalue weighted by atomic mass is 10.2. The number of fused-ring (bicyclic) bond motifs is 1. The molecule has 5 rings (SSSR count). The third kappa shape index (κ3) is 5.10. The van der Waals surface area contributed by atoms with Crippen molar-refractivity contribution in [2.24, 2.45) is 0 Å². The number of aromatic nitrogens is 3. The SMILES string of the molecule is [C-]#[N+]c1c(Nc2ccc(N3CCN(CC)CC3)cc2)ncnc1Oc1cc(F)c2c(cc(C)n2C(C)C)c1F. The van der Waals surface area contributed by atoms with E-state index in [0.29, 0.717) is 0 Å². The molecule has 4 aromatic rings. The number of nitrogens with one attached hydrogen (secondary N) is 1. The second-order valence-electron chi connectivity index (χ2n) is 9.87. The Morgan fingerprint density at radius 1 is 1.08 bits per heavy atom. The Morgan fingerprint density at radius 2 is 1.79 bits per heavy atom. The molecule has 0 spiro atoms. The lowest BCUT2D eigenvalue weighted by molar-refractivity contribution is 0.271. The van der Waals surface area contributed by atoms with E-state index < -0.39 is 11.6 Å². The maximum atomic E-state index is 15.5. The van der Waals surface area contributed by atoms with Gasteiger partial charge in [-0.2, -0.15) is 0 Å². The summed E-state index contributed by atoms with van der Waals surface area (Å²) < 4.78 is 38.0. The summed E-state index contributed by atoms with van der Waals surface area (Å²) in [5.74, 6) is -1.62. The largest absolute Gasteiger partial charge is 0.446 e. The second-order valence-corrected chi connectivity index (χ2v) is 9.87. The lowest BCUT2D eigenvalue weighted by Crippen LogP contribution is -2.46. The van der Waals surface area contributed by atoms with Gasteiger partial charge in [0.15, 0.2) is 17.4 Å². The van der Waals surface area contributed by atoms with Crippen LogP contribution < -0.4 is 15.0 Å². The summed E-state index contributed by atoms with van der Waals surface area (Å²) in [5.41, 5.74) is 2.73. The van der Waals surface area contributed by atoms with E-state index in [2.05, 4.69) is 36.9 Å². The third-order valence-corrected chi connectivity index (χ3v) is 7.10. The zero-order chi connectivity index (χ0) is 27.7. The zero-order valence-corrected chi connectivity index (χ0v) is 22.5. The van der Waals surface area contributed by atoms with Crippen LogP contribution in [0.1, 0.15) is 32.5 Å². The number of aryl methyl sites for hydroxylation is 1. The van der Waals surface area contributed by atoms with Crippen LogP contribution >= 0.6 is 0 Å². The average Bonchev–Trinajstić information content (AvgIpc) is 3.30. The molecule has 8 nitrogen and oxygen atoms in total. The summed E-state index contributed by atoms with van der Waals surface area (Å²) in [5, 5.41) is 3.25. The minimum absolute atomic E-state index is 0.0342. The van der Waals surface area contributed by atoms with Crippen LogP contribution in [-0.4, -0.2) is 52.2 Å². The van der Waals surface area contributed by atoms with Crippen molar-refractivity contribution in [3.63, 3.8) is 0 Å². The molecule has 39 heavy (non-hydrogen) atoms. The Kier molecular flexibility index (Phi) is 7.35. The molecule has 0 saturated carbocycles. The highest BCUT2D eigenvalue weighted by Crippen LogP contribution is 2.40. The average molecular weight is 532 g/mol. The van der Waals surface area contributed by atoms with Crippen molar-refractivity contribution < 1.29 is 13.5 Å². The fourth-order valence-electron chi connectivity index (χ4n) is 5.13. The number of hydrogen-bond acceptors (Lipinski definition) is 6. The summed E-state index contributed by atoms with van der Waals surface area (Å²) in [6.07, 6.45) is 1.22. The Morgan fingerprint density at radius 3 is 2.44 bits per heavy atom. The molecule has 0 aliphatic carbocycles. The summed E-state index contributed by atoms with van der Waals surface area (Å²) >= 11 is 0. The zero-order valence-electron chi connectivity index (χ0n) is 22.5. The smallest absolute Gasteiger partial charge is 0.288 e. The van der Waals surface area contributed by atoms with Crippen molar-refractivity contribution in [1.82, 2.24) is 19.4 Å². The molecule has 1 fully saturated rings. The molecule has 0 atom stereocenters. The highest BCUT2D eigenvalue weighted by atomic mass is 19.1. The van der Waals surface area contributed by atoms with Crippen molar-refractivity contribution >= 4 is 33.8 Å². The first-order valence-corrected chi connectivity index (χ1v) is 13.0. The van der Waals surface area contributed by atoms with Gasteiger partial charge in [0.25, 0.3) is 5.69 Å². The molecule has 0 bridgehead atoms. The number of hydrogen-bond donors (Lipinski definition) is 1. The van der Waals surface area contributed by atoms with Crippen molar-refractivity contribution in [3.05, 3.63) is 71.5 Å².